The van der Waals surface area contributed by atoms with Crippen LogP contribution in [0.1, 0.15) is 27.2 Å². The molecule has 0 rings (SSSR count). The Hall–Kier alpha value is -0.130. The van der Waals surface area contributed by atoms with Crippen LogP contribution in [-0.2, 0) is 19.3 Å². The summed E-state index contributed by atoms with van der Waals surface area (Å²) >= 11 is 0. The van der Waals surface area contributed by atoms with Crippen LogP contribution in [0.4, 0.5) is 0 Å². The first kappa shape index (κ1) is 13.9. The number of rotatable bonds is 8. The van der Waals surface area contributed by atoms with Gasteiger partial charge in [-0.1, -0.05) is 6.92 Å². The predicted octanol–water partition coefficient (Wildman–Crippen LogP) is 1.21. The lowest BCUT2D eigenvalue weighted by atomic mass is 10.5. The van der Waals surface area contributed by atoms with Gasteiger partial charge in [0.25, 0.3) is 0 Å². The van der Waals surface area contributed by atoms with E-state index in [4.69, 9.17) is 9.47 Å². The summed E-state index contributed by atoms with van der Waals surface area (Å²) in [5.41, 5.74) is 0. The van der Waals surface area contributed by atoms with Crippen molar-refractivity contribution < 1.29 is 17.9 Å². The molecular weight excluding hydrogens is 204 g/mol. The second-order valence-electron chi connectivity index (χ2n) is 2.87. The van der Waals surface area contributed by atoms with Crippen molar-refractivity contribution in [2.75, 3.05) is 24.7 Å². The Bertz CT molecular complexity index is 217. The summed E-state index contributed by atoms with van der Waals surface area (Å²) in [4.78, 5) is 0. The Kier molecular flexibility index (Phi) is 7.13. The zero-order valence-electron chi connectivity index (χ0n) is 9.15. The molecule has 0 aromatic heterocycles. The van der Waals surface area contributed by atoms with E-state index in [0.29, 0.717) is 19.6 Å². The lowest BCUT2D eigenvalue weighted by Gasteiger charge is -2.16. The van der Waals surface area contributed by atoms with Gasteiger partial charge in [0.2, 0.25) is 0 Å². The molecular formula is C9H20O4S. The largest absolute Gasteiger partial charge is 0.353 e. The molecule has 0 spiro atoms. The summed E-state index contributed by atoms with van der Waals surface area (Å²) in [6.07, 6.45) is 0.0315. The first-order chi connectivity index (χ1) is 6.55. The maximum Gasteiger partial charge on any atom is 0.158 e. The van der Waals surface area contributed by atoms with E-state index >= 15 is 0 Å². The number of sulfone groups is 1. The van der Waals surface area contributed by atoms with E-state index in [9.17, 15) is 8.42 Å². The maximum absolute atomic E-state index is 11.2. The van der Waals surface area contributed by atoms with E-state index in [0.717, 1.165) is 0 Å². The third-order valence-corrected chi connectivity index (χ3v) is 3.55. The van der Waals surface area contributed by atoms with Gasteiger partial charge in [0, 0.05) is 25.4 Å². The topological polar surface area (TPSA) is 52.6 Å². The molecule has 0 aliphatic carbocycles. The summed E-state index contributed by atoms with van der Waals surface area (Å²) in [5, 5.41) is 0. The van der Waals surface area contributed by atoms with Gasteiger partial charge in [0.1, 0.15) is 9.84 Å². The summed E-state index contributed by atoms with van der Waals surface area (Å²) in [6, 6.07) is 0. The normalized spacial score (nSPS) is 12.3. The highest BCUT2D eigenvalue weighted by atomic mass is 32.2. The summed E-state index contributed by atoms with van der Waals surface area (Å²) in [6.45, 7) is 6.44. The Labute approximate surface area is 86.5 Å². The van der Waals surface area contributed by atoms with E-state index in [1.807, 2.05) is 13.8 Å². The van der Waals surface area contributed by atoms with Crippen LogP contribution in [0, 0.1) is 0 Å². The molecule has 0 heterocycles. The minimum atomic E-state index is -2.91. The molecule has 0 saturated carbocycles. The van der Waals surface area contributed by atoms with Gasteiger partial charge in [0.15, 0.2) is 6.29 Å². The lowest BCUT2D eigenvalue weighted by molar-refractivity contribution is -0.136. The molecule has 0 unspecified atom stereocenters. The van der Waals surface area contributed by atoms with Crippen LogP contribution in [0.2, 0.25) is 0 Å². The van der Waals surface area contributed by atoms with E-state index in [2.05, 4.69) is 0 Å². The average molecular weight is 224 g/mol. The van der Waals surface area contributed by atoms with Gasteiger partial charge in [-0.05, 0) is 13.8 Å². The SMILES string of the molecule is CCOC(CCS(=O)(=O)CC)OCC. The minimum absolute atomic E-state index is 0.133. The molecule has 4 nitrogen and oxygen atoms in total. The van der Waals surface area contributed by atoms with E-state index < -0.39 is 9.84 Å². The fraction of sp³-hybridized carbons (Fsp3) is 1.00. The van der Waals surface area contributed by atoms with Gasteiger partial charge in [-0.15, -0.1) is 0 Å². The lowest BCUT2D eigenvalue weighted by Crippen LogP contribution is -2.22. The second kappa shape index (κ2) is 7.20. The summed E-state index contributed by atoms with van der Waals surface area (Å²) < 4.78 is 32.9. The van der Waals surface area contributed by atoms with Crippen LogP contribution in [0.5, 0.6) is 0 Å². The molecule has 0 fully saturated rings. The van der Waals surface area contributed by atoms with E-state index in [1.165, 1.54) is 0 Å². The molecule has 0 aromatic carbocycles. The Morgan fingerprint density at radius 3 is 1.93 bits per heavy atom. The molecule has 0 aliphatic heterocycles. The van der Waals surface area contributed by atoms with Crippen LogP contribution in [-0.4, -0.2) is 39.4 Å². The number of hydrogen-bond acceptors (Lipinski definition) is 4. The van der Waals surface area contributed by atoms with E-state index in [-0.39, 0.29) is 17.8 Å². The summed E-state index contributed by atoms with van der Waals surface area (Å²) in [7, 11) is -2.91. The molecule has 0 bridgehead atoms. The highest BCUT2D eigenvalue weighted by molar-refractivity contribution is 7.91. The third-order valence-electron chi connectivity index (χ3n) is 1.81. The average Bonchev–Trinajstić information content (AvgIpc) is 2.15. The fourth-order valence-electron chi connectivity index (χ4n) is 1.01. The number of ether oxygens (including phenoxy) is 2. The molecule has 0 radical (unpaired) electrons. The highest BCUT2D eigenvalue weighted by Crippen LogP contribution is 2.04. The zero-order valence-corrected chi connectivity index (χ0v) is 9.97. The molecule has 0 aromatic rings. The molecule has 0 amide bonds. The van der Waals surface area contributed by atoms with Crippen LogP contribution >= 0.6 is 0 Å². The van der Waals surface area contributed by atoms with E-state index in [1.54, 1.807) is 6.92 Å². The van der Waals surface area contributed by atoms with Gasteiger partial charge >= 0.3 is 0 Å². The van der Waals surface area contributed by atoms with Crippen molar-refractivity contribution in [3.63, 3.8) is 0 Å². The quantitative estimate of drug-likeness (QED) is 0.582. The highest BCUT2D eigenvalue weighted by Gasteiger charge is 2.13. The van der Waals surface area contributed by atoms with Crippen LogP contribution in [0.25, 0.3) is 0 Å². The fourth-order valence-corrected chi connectivity index (χ4v) is 1.85. The van der Waals surface area contributed by atoms with Crippen molar-refractivity contribution in [3.05, 3.63) is 0 Å². The molecule has 5 heteroatoms. The van der Waals surface area contributed by atoms with Crippen molar-refractivity contribution in [1.29, 1.82) is 0 Å². The van der Waals surface area contributed by atoms with Gasteiger partial charge in [-0.2, -0.15) is 0 Å². The molecule has 0 N–H and O–H groups in total. The van der Waals surface area contributed by atoms with Crippen molar-refractivity contribution in [2.24, 2.45) is 0 Å². The Morgan fingerprint density at radius 1 is 1.07 bits per heavy atom. The maximum atomic E-state index is 11.2. The predicted molar refractivity (Wildman–Crippen MR) is 56.0 cm³/mol. The Balaban J connectivity index is 3.92. The third kappa shape index (κ3) is 6.34. The Morgan fingerprint density at radius 2 is 1.57 bits per heavy atom. The van der Waals surface area contributed by atoms with Gasteiger partial charge in [-0.25, -0.2) is 8.42 Å². The molecule has 86 valence electrons. The first-order valence-corrected chi connectivity index (χ1v) is 6.81. The van der Waals surface area contributed by atoms with Crippen LogP contribution in [0.3, 0.4) is 0 Å². The minimum Gasteiger partial charge on any atom is -0.353 e. The molecule has 14 heavy (non-hydrogen) atoms. The number of hydrogen-bond donors (Lipinski definition) is 0. The summed E-state index contributed by atoms with van der Waals surface area (Å²) in [5.74, 6) is 0.312. The van der Waals surface area contributed by atoms with Crippen molar-refractivity contribution in [2.45, 2.75) is 33.5 Å². The molecule has 0 atom stereocenters. The first-order valence-electron chi connectivity index (χ1n) is 4.99. The van der Waals surface area contributed by atoms with Crippen LogP contribution in [0.15, 0.2) is 0 Å². The van der Waals surface area contributed by atoms with Crippen molar-refractivity contribution in [1.82, 2.24) is 0 Å². The second-order valence-corrected chi connectivity index (χ2v) is 5.34. The monoisotopic (exact) mass is 224 g/mol. The smallest absolute Gasteiger partial charge is 0.158 e. The zero-order chi connectivity index (χ0) is 11.0. The van der Waals surface area contributed by atoms with Crippen molar-refractivity contribution >= 4 is 9.84 Å². The van der Waals surface area contributed by atoms with Gasteiger partial charge < -0.3 is 9.47 Å². The molecule has 0 saturated heterocycles. The standard InChI is InChI=1S/C9H20O4S/c1-4-12-9(13-5-2)7-8-14(10,11)6-3/h9H,4-8H2,1-3H3. The van der Waals surface area contributed by atoms with Gasteiger partial charge in [0.05, 0.1) is 5.75 Å². The van der Waals surface area contributed by atoms with Gasteiger partial charge in [-0.3, -0.25) is 0 Å². The van der Waals surface area contributed by atoms with Crippen molar-refractivity contribution in [3.8, 4) is 0 Å². The molecule has 0 aliphatic rings. The van der Waals surface area contributed by atoms with Crippen LogP contribution < -0.4 is 0 Å².